The zero-order valence-electron chi connectivity index (χ0n) is 12.5. The molecule has 20 heavy (non-hydrogen) atoms. The van der Waals surface area contributed by atoms with Gasteiger partial charge in [-0.3, -0.25) is 0 Å². The van der Waals surface area contributed by atoms with Crippen LogP contribution in [-0.2, 0) is 11.2 Å². The standard InChI is InChI=1S/C16H23ClN2O/c1-4-6-13(11-20-3)19-15(9-10-17)18-14-8-5-7-12(2)16(14)19/h5,7-8,13H,4,6,9-11H2,1-3H3. The lowest BCUT2D eigenvalue weighted by Gasteiger charge is -2.21. The highest BCUT2D eigenvalue weighted by Crippen LogP contribution is 2.27. The molecule has 1 aromatic heterocycles. The Labute approximate surface area is 125 Å². The molecule has 1 heterocycles. The summed E-state index contributed by atoms with van der Waals surface area (Å²) in [6.07, 6.45) is 3.00. The van der Waals surface area contributed by atoms with Crippen LogP contribution in [0.5, 0.6) is 0 Å². The first-order valence-corrected chi connectivity index (χ1v) is 7.77. The van der Waals surface area contributed by atoms with E-state index < -0.39 is 0 Å². The Morgan fingerprint density at radius 2 is 2.20 bits per heavy atom. The molecule has 0 bridgehead atoms. The number of alkyl halides is 1. The summed E-state index contributed by atoms with van der Waals surface area (Å²) < 4.78 is 7.77. The number of hydrogen-bond acceptors (Lipinski definition) is 2. The topological polar surface area (TPSA) is 27.1 Å². The largest absolute Gasteiger partial charge is 0.383 e. The number of aryl methyl sites for hydroxylation is 2. The van der Waals surface area contributed by atoms with Gasteiger partial charge >= 0.3 is 0 Å². The fourth-order valence-electron chi connectivity index (χ4n) is 2.84. The molecule has 0 amide bonds. The van der Waals surface area contributed by atoms with Crippen molar-refractivity contribution in [3.8, 4) is 0 Å². The fourth-order valence-corrected chi connectivity index (χ4v) is 3.00. The van der Waals surface area contributed by atoms with Gasteiger partial charge in [-0.25, -0.2) is 4.98 Å². The molecule has 0 saturated carbocycles. The lowest BCUT2D eigenvalue weighted by Crippen LogP contribution is -2.18. The van der Waals surface area contributed by atoms with Gasteiger partial charge in [-0.2, -0.15) is 0 Å². The number of methoxy groups -OCH3 is 1. The van der Waals surface area contributed by atoms with Crippen molar-refractivity contribution < 1.29 is 4.74 Å². The molecule has 2 rings (SSSR count). The molecule has 2 aromatic rings. The van der Waals surface area contributed by atoms with Gasteiger partial charge in [-0.15, -0.1) is 11.6 Å². The van der Waals surface area contributed by atoms with E-state index >= 15 is 0 Å². The van der Waals surface area contributed by atoms with Crippen molar-refractivity contribution >= 4 is 22.6 Å². The quantitative estimate of drug-likeness (QED) is 0.719. The first-order valence-electron chi connectivity index (χ1n) is 7.24. The van der Waals surface area contributed by atoms with Gasteiger partial charge in [0.2, 0.25) is 0 Å². The molecule has 0 aliphatic carbocycles. The fraction of sp³-hybridized carbons (Fsp3) is 0.562. The van der Waals surface area contributed by atoms with Crippen LogP contribution < -0.4 is 0 Å². The highest BCUT2D eigenvalue weighted by atomic mass is 35.5. The molecular weight excluding hydrogens is 272 g/mol. The third kappa shape index (κ3) is 2.99. The summed E-state index contributed by atoms with van der Waals surface area (Å²) in [5.41, 5.74) is 3.54. The number of fused-ring (bicyclic) bond motifs is 1. The molecule has 0 saturated heterocycles. The molecule has 4 heteroatoms. The molecule has 0 spiro atoms. The van der Waals surface area contributed by atoms with Crippen molar-refractivity contribution in [2.75, 3.05) is 19.6 Å². The first kappa shape index (κ1) is 15.3. The molecule has 1 atom stereocenters. The predicted octanol–water partition coefficient (Wildman–Crippen LogP) is 4.11. The molecular formula is C16H23ClN2O. The Kier molecular flexibility index (Phi) is 5.44. The van der Waals surface area contributed by atoms with Crippen LogP contribution in [0, 0.1) is 6.92 Å². The van der Waals surface area contributed by atoms with Crippen molar-refractivity contribution in [1.82, 2.24) is 9.55 Å². The monoisotopic (exact) mass is 294 g/mol. The van der Waals surface area contributed by atoms with Gasteiger partial charge in [0, 0.05) is 19.4 Å². The second-order valence-electron chi connectivity index (χ2n) is 5.18. The van der Waals surface area contributed by atoms with Gasteiger partial charge in [-0.1, -0.05) is 25.5 Å². The molecule has 1 unspecified atom stereocenters. The molecule has 3 nitrogen and oxygen atoms in total. The number of benzene rings is 1. The predicted molar refractivity (Wildman–Crippen MR) is 84.7 cm³/mol. The van der Waals surface area contributed by atoms with Gasteiger partial charge < -0.3 is 9.30 Å². The van der Waals surface area contributed by atoms with E-state index in [2.05, 4.69) is 36.6 Å². The van der Waals surface area contributed by atoms with E-state index in [9.17, 15) is 0 Å². The van der Waals surface area contributed by atoms with E-state index in [0.717, 1.165) is 30.6 Å². The highest BCUT2D eigenvalue weighted by Gasteiger charge is 2.19. The van der Waals surface area contributed by atoms with Crippen molar-refractivity contribution in [1.29, 1.82) is 0 Å². The van der Waals surface area contributed by atoms with Crippen LogP contribution in [0.2, 0.25) is 0 Å². The van der Waals surface area contributed by atoms with Crippen LogP contribution in [-0.4, -0.2) is 29.1 Å². The minimum absolute atomic E-state index is 0.328. The SMILES string of the molecule is CCCC(COC)n1c(CCCl)nc2cccc(C)c21. The Morgan fingerprint density at radius 3 is 2.85 bits per heavy atom. The van der Waals surface area contributed by atoms with E-state index in [-0.39, 0.29) is 0 Å². The number of halogens is 1. The number of nitrogens with zero attached hydrogens (tertiary/aromatic N) is 2. The van der Waals surface area contributed by atoms with E-state index in [1.165, 1.54) is 11.1 Å². The van der Waals surface area contributed by atoms with Gasteiger partial charge in [0.25, 0.3) is 0 Å². The Morgan fingerprint density at radius 1 is 1.40 bits per heavy atom. The maximum atomic E-state index is 5.95. The average molecular weight is 295 g/mol. The smallest absolute Gasteiger partial charge is 0.111 e. The van der Waals surface area contributed by atoms with E-state index in [0.29, 0.717) is 18.5 Å². The number of ether oxygens (including phenoxy) is 1. The molecule has 0 aliphatic rings. The minimum atomic E-state index is 0.328. The van der Waals surface area contributed by atoms with Crippen LogP contribution in [0.25, 0.3) is 11.0 Å². The van der Waals surface area contributed by atoms with Crippen LogP contribution in [0.3, 0.4) is 0 Å². The summed E-state index contributed by atoms with van der Waals surface area (Å²) in [6.45, 7) is 5.06. The van der Waals surface area contributed by atoms with Gasteiger partial charge in [0.15, 0.2) is 0 Å². The van der Waals surface area contributed by atoms with Crippen LogP contribution >= 0.6 is 11.6 Å². The van der Waals surface area contributed by atoms with Crippen molar-refractivity contribution in [3.05, 3.63) is 29.6 Å². The normalized spacial score (nSPS) is 13.0. The summed E-state index contributed by atoms with van der Waals surface area (Å²) in [5.74, 6) is 1.66. The summed E-state index contributed by atoms with van der Waals surface area (Å²) in [5, 5.41) is 0. The third-order valence-electron chi connectivity index (χ3n) is 3.65. The summed E-state index contributed by atoms with van der Waals surface area (Å²) in [6, 6.07) is 6.60. The van der Waals surface area contributed by atoms with Crippen LogP contribution in [0.15, 0.2) is 18.2 Å². The lowest BCUT2D eigenvalue weighted by molar-refractivity contribution is 0.151. The van der Waals surface area contributed by atoms with Gasteiger partial charge in [0.05, 0.1) is 23.7 Å². The van der Waals surface area contributed by atoms with Crippen LogP contribution in [0.4, 0.5) is 0 Å². The molecule has 1 aromatic carbocycles. The van der Waals surface area contributed by atoms with Crippen LogP contribution in [0.1, 0.15) is 37.2 Å². The molecule has 110 valence electrons. The zero-order valence-corrected chi connectivity index (χ0v) is 13.3. The van der Waals surface area contributed by atoms with Gasteiger partial charge in [0.1, 0.15) is 5.82 Å². The van der Waals surface area contributed by atoms with Gasteiger partial charge in [-0.05, 0) is 25.0 Å². The number of rotatable bonds is 7. The van der Waals surface area contributed by atoms with E-state index in [1.54, 1.807) is 7.11 Å². The number of aromatic nitrogens is 2. The number of imidazole rings is 1. The highest BCUT2D eigenvalue weighted by molar-refractivity contribution is 6.17. The third-order valence-corrected chi connectivity index (χ3v) is 3.84. The Hall–Kier alpha value is -1.06. The summed E-state index contributed by atoms with van der Waals surface area (Å²) >= 11 is 5.95. The second kappa shape index (κ2) is 7.09. The summed E-state index contributed by atoms with van der Waals surface area (Å²) in [4.78, 5) is 4.77. The van der Waals surface area contributed by atoms with Crippen molar-refractivity contribution in [2.24, 2.45) is 0 Å². The maximum Gasteiger partial charge on any atom is 0.111 e. The second-order valence-corrected chi connectivity index (χ2v) is 5.56. The lowest BCUT2D eigenvalue weighted by atomic mass is 10.1. The molecule has 0 aliphatic heterocycles. The number of hydrogen-bond donors (Lipinski definition) is 0. The zero-order chi connectivity index (χ0) is 14.5. The molecule has 0 fully saturated rings. The van der Waals surface area contributed by atoms with E-state index in [1.807, 2.05) is 0 Å². The van der Waals surface area contributed by atoms with E-state index in [4.69, 9.17) is 21.3 Å². The Balaban J connectivity index is 2.59. The van der Waals surface area contributed by atoms with Crippen molar-refractivity contribution in [3.63, 3.8) is 0 Å². The first-order chi connectivity index (χ1) is 9.72. The van der Waals surface area contributed by atoms with Crippen molar-refractivity contribution in [2.45, 2.75) is 39.2 Å². The number of para-hydroxylation sites is 1. The minimum Gasteiger partial charge on any atom is -0.383 e. The average Bonchev–Trinajstić information content (AvgIpc) is 2.78. The maximum absolute atomic E-state index is 5.95. The molecule has 0 N–H and O–H groups in total. The molecule has 0 radical (unpaired) electrons. The Bertz CT molecular complexity index is 559. The summed E-state index contributed by atoms with van der Waals surface area (Å²) in [7, 11) is 1.76.